The van der Waals surface area contributed by atoms with Crippen LogP contribution in [-0.2, 0) is 16.4 Å². The quantitative estimate of drug-likeness (QED) is 0.329. The van der Waals surface area contributed by atoms with Crippen molar-refractivity contribution in [2.24, 2.45) is 0 Å². The molecule has 31 heavy (non-hydrogen) atoms. The first-order chi connectivity index (χ1) is 14.4. The van der Waals surface area contributed by atoms with E-state index in [1.807, 2.05) is 31.3 Å². The third kappa shape index (κ3) is 5.56. The monoisotopic (exact) mass is 478 g/mol. The van der Waals surface area contributed by atoms with E-state index in [0.29, 0.717) is 11.6 Å². The minimum atomic E-state index is -3.59. The zero-order valence-electron chi connectivity index (χ0n) is 16.9. The highest BCUT2D eigenvalue weighted by molar-refractivity contribution is 7.89. The van der Waals surface area contributed by atoms with Crippen molar-refractivity contribution in [1.82, 2.24) is 20.0 Å². The number of pyridine rings is 1. The molecule has 0 unspecified atom stereocenters. The Morgan fingerprint density at radius 1 is 1.13 bits per heavy atom. The van der Waals surface area contributed by atoms with Crippen LogP contribution in [0.5, 0.6) is 0 Å². The molecule has 0 saturated carbocycles. The Bertz CT molecular complexity index is 1290. The highest BCUT2D eigenvalue weighted by atomic mass is 35.5. The number of hydrogen-bond donors (Lipinski definition) is 3. The minimum absolute atomic E-state index is 0. The Kier molecular flexibility index (Phi) is 7.56. The van der Waals surface area contributed by atoms with E-state index in [1.165, 1.54) is 5.56 Å². The molecule has 0 fully saturated rings. The average molecular weight is 479 g/mol. The number of hydrogen-bond acceptors (Lipinski definition) is 4. The summed E-state index contributed by atoms with van der Waals surface area (Å²) in [5, 5.41) is 6.90. The Hall–Kier alpha value is -2.16. The van der Waals surface area contributed by atoms with Crippen molar-refractivity contribution < 1.29 is 8.42 Å². The molecule has 0 radical (unpaired) electrons. The molecule has 0 bridgehead atoms. The SMILES string of the molecule is C[C@H](CNCCc1c[nH]c2ccc(Cl)cc12)NS(=O)(=O)c1ccc2cnccc2c1.Cl. The van der Waals surface area contributed by atoms with Crippen LogP contribution in [0.1, 0.15) is 12.5 Å². The second-order valence-corrected chi connectivity index (χ2v) is 9.52. The molecule has 2 aromatic heterocycles. The number of nitrogens with zero attached hydrogens (tertiary/aromatic N) is 1. The van der Waals surface area contributed by atoms with Gasteiger partial charge in [0.05, 0.1) is 4.90 Å². The van der Waals surface area contributed by atoms with Crippen LogP contribution >= 0.6 is 24.0 Å². The summed E-state index contributed by atoms with van der Waals surface area (Å²) in [6.07, 6.45) is 6.18. The normalized spacial score (nSPS) is 12.7. The molecule has 2 heterocycles. The number of fused-ring (bicyclic) bond motifs is 2. The maximum Gasteiger partial charge on any atom is 0.240 e. The molecule has 0 aliphatic carbocycles. The smallest absolute Gasteiger partial charge is 0.240 e. The molecule has 4 aromatic rings. The summed E-state index contributed by atoms with van der Waals surface area (Å²) in [5.74, 6) is 0. The van der Waals surface area contributed by atoms with E-state index in [-0.39, 0.29) is 23.3 Å². The summed E-state index contributed by atoms with van der Waals surface area (Å²) in [4.78, 5) is 7.55. The molecule has 3 N–H and O–H groups in total. The number of sulfonamides is 1. The van der Waals surface area contributed by atoms with Crippen molar-refractivity contribution in [1.29, 1.82) is 0 Å². The van der Waals surface area contributed by atoms with Crippen LogP contribution in [0.25, 0.3) is 21.7 Å². The lowest BCUT2D eigenvalue weighted by atomic mass is 10.1. The molecule has 0 aliphatic heterocycles. The first-order valence-electron chi connectivity index (χ1n) is 9.75. The van der Waals surface area contributed by atoms with E-state index in [1.54, 1.807) is 36.7 Å². The molecule has 0 saturated heterocycles. The molecule has 4 rings (SSSR count). The van der Waals surface area contributed by atoms with Crippen molar-refractivity contribution in [3.63, 3.8) is 0 Å². The standard InChI is InChI=1S/C22H23ClN4O2S.ClH/c1-15(12-24-9-7-18-14-26-22-5-3-19(23)11-21(18)22)27-30(28,29)20-4-2-17-13-25-8-6-16(17)10-20;/h2-6,8,10-11,13-15,24,26-27H,7,9,12H2,1H3;1H/t15-;/m1./s1. The second-order valence-electron chi connectivity index (χ2n) is 7.36. The maximum atomic E-state index is 12.7. The van der Waals surface area contributed by atoms with Gasteiger partial charge in [0.2, 0.25) is 10.0 Å². The van der Waals surface area contributed by atoms with Gasteiger partial charge in [0.25, 0.3) is 0 Å². The number of benzene rings is 2. The summed E-state index contributed by atoms with van der Waals surface area (Å²) in [6.45, 7) is 3.11. The van der Waals surface area contributed by atoms with Crippen LogP contribution in [0, 0.1) is 0 Å². The molecule has 9 heteroatoms. The van der Waals surface area contributed by atoms with E-state index < -0.39 is 10.0 Å². The van der Waals surface area contributed by atoms with E-state index >= 15 is 0 Å². The number of aromatic nitrogens is 2. The molecule has 1 atom stereocenters. The van der Waals surface area contributed by atoms with E-state index in [4.69, 9.17) is 11.6 Å². The first kappa shape index (κ1) is 23.5. The summed E-state index contributed by atoms with van der Waals surface area (Å²) in [6, 6.07) is 12.4. The van der Waals surface area contributed by atoms with E-state index in [9.17, 15) is 8.42 Å². The molecule has 0 aliphatic rings. The van der Waals surface area contributed by atoms with Crippen LogP contribution in [0.2, 0.25) is 5.02 Å². The fourth-order valence-corrected chi connectivity index (χ4v) is 4.95. The number of halogens is 2. The van der Waals surface area contributed by atoms with Crippen molar-refractivity contribution in [3.05, 3.63) is 71.6 Å². The Morgan fingerprint density at radius 2 is 1.97 bits per heavy atom. The van der Waals surface area contributed by atoms with Gasteiger partial charge in [-0.2, -0.15) is 0 Å². The molecule has 164 valence electrons. The highest BCUT2D eigenvalue weighted by Gasteiger charge is 2.17. The Labute approximate surface area is 192 Å². The number of rotatable bonds is 8. The maximum absolute atomic E-state index is 12.7. The van der Waals surface area contributed by atoms with Gasteiger partial charge in [-0.3, -0.25) is 4.98 Å². The van der Waals surface area contributed by atoms with Crippen LogP contribution in [0.4, 0.5) is 0 Å². The molecule has 6 nitrogen and oxygen atoms in total. The summed E-state index contributed by atoms with van der Waals surface area (Å²) in [7, 11) is -3.59. The topological polar surface area (TPSA) is 86.9 Å². The molecule has 2 aromatic carbocycles. The first-order valence-corrected chi connectivity index (χ1v) is 11.6. The summed E-state index contributed by atoms with van der Waals surface area (Å²) in [5.41, 5.74) is 2.24. The third-order valence-electron chi connectivity index (χ3n) is 5.03. The molecular weight excluding hydrogens is 455 g/mol. The third-order valence-corrected chi connectivity index (χ3v) is 6.85. The largest absolute Gasteiger partial charge is 0.361 e. The van der Waals surface area contributed by atoms with Gasteiger partial charge in [0.15, 0.2) is 0 Å². The van der Waals surface area contributed by atoms with Crippen LogP contribution in [0.3, 0.4) is 0 Å². The van der Waals surface area contributed by atoms with Gasteiger partial charge in [0, 0.05) is 52.5 Å². The Morgan fingerprint density at radius 3 is 2.81 bits per heavy atom. The van der Waals surface area contributed by atoms with Gasteiger partial charge in [-0.15, -0.1) is 12.4 Å². The number of nitrogens with one attached hydrogen (secondary N) is 3. The summed E-state index contributed by atoms with van der Waals surface area (Å²) < 4.78 is 28.2. The van der Waals surface area contributed by atoms with Crippen LogP contribution in [-0.4, -0.2) is 37.5 Å². The van der Waals surface area contributed by atoms with Crippen molar-refractivity contribution in [3.8, 4) is 0 Å². The lowest BCUT2D eigenvalue weighted by molar-refractivity contribution is 0.537. The van der Waals surface area contributed by atoms with Crippen molar-refractivity contribution in [2.45, 2.75) is 24.3 Å². The molecular formula is C22H24Cl2N4O2S. The average Bonchev–Trinajstić information content (AvgIpc) is 3.12. The summed E-state index contributed by atoms with van der Waals surface area (Å²) >= 11 is 6.10. The van der Waals surface area contributed by atoms with Gasteiger partial charge in [-0.05, 0) is 67.2 Å². The van der Waals surface area contributed by atoms with Gasteiger partial charge in [-0.25, -0.2) is 13.1 Å². The lowest BCUT2D eigenvalue weighted by Crippen LogP contribution is -2.40. The lowest BCUT2D eigenvalue weighted by Gasteiger charge is -2.15. The van der Waals surface area contributed by atoms with Gasteiger partial charge in [0.1, 0.15) is 0 Å². The van der Waals surface area contributed by atoms with Crippen LogP contribution < -0.4 is 10.0 Å². The Balaban J connectivity index is 0.00000272. The van der Waals surface area contributed by atoms with Crippen LogP contribution in [0.15, 0.2) is 66.0 Å². The van der Waals surface area contributed by atoms with Gasteiger partial charge < -0.3 is 10.3 Å². The fourth-order valence-electron chi connectivity index (χ4n) is 3.50. The van der Waals surface area contributed by atoms with E-state index in [0.717, 1.165) is 34.6 Å². The zero-order chi connectivity index (χ0) is 21.1. The predicted molar refractivity (Wildman–Crippen MR) is 129 cm³/mol. The number of aromatic amines is 1. The predicted octanol–water partition coefficient (Wildman–Crippen LogP) is 4.29. The van der Waals surface area contributed by atoms with Gasteiger partial charge in [-0.1, -0.05) is 17.7 Å². The van der Waals surface area contributed by atoms with Gasteiger partial charge >= 0.3 is 0 Å². The number of H-pyrrole nitrogens is 1. The van der Waals surface area contributed by atoms with Crippen molar-refractivity contribution in [2.75, 3.05) is 13.1 Å². The highest BCUT2D eigenvalue weighted by Crippen LogP contribution is 2.22. The van der Waals surface area contributed by atoms with E-state index in [2.05, 4.69) is 20.0 Å². The molecule has 0 spiro atoms. The zero-order valence-corrected chi connectivity index (χ0v) is 19.3. The minimum Gasteiger partial charge on any atom is -0.361 e. The fraction of sp³-hybridized carbons (Fsp3) is 0.227. The second kappa shape index (κ2) is 9.97. The van der Waals surface area contributed by atoms with Crippen molar-refractivity contribution >= 4 is 55.7 Å². The molecule has 0 amide bonds.